The second-order valence-corrected chi connectivity index (χ2v) is 8.99. The molecule has 0 fully saturated rings. The van der Waals surface area contributed by atoms with Crippen LogP contribution in [0.25, 0.3) is 11.1 Å². The average Bonchev–Trinajstić information content (AvgIpc) is 2.96. The molecular weight excluding hydrogens is 504 g/mol. The molecule has 0 N–H and O–H groups in total. The van der Waals surface area contributed by atoms with Gasteiger partial charge in [-0.3, -0.25) is 4.79 Å². The fraction of sp³-hybridized carbons (Fsp3) is 0.167. The number of ether oxygens (including phenoxy) is 4. The molecule has 190 valence electrons. The smallest absolute Gasteiger partial charge is 0.161 e. The van der Waals surface area contributed by atoms with Gasteiger partial charge in [-0.2, -0.15) is 5.26 Å². The van der Waals surface area contributed by atoms with Gasteiger partial charge in [0, 0.05) is 17.8 Å². The van der Waals surface area contributed by atoms with Gasteiger partial charge in [0.2, 0.25) is 0 Å². The normalized spacial score (nSPS) is 11.9. The summed E-state index contributed by atoms with van der Waals surface area (Å²) < 4.78 is 23.3. The van der Waals surface area contributed by atoms with Crippen LogP contribution in [-0.4, -0.2) is 24.5 Å². The molecule has 38 heavy (non-hydrogen) atoms. The molecule has 0 saturated carbocycles. The van der Waals surface area contributed by atoms with Crippen LogP contribution < -0.4 is 18.9 Å². The van der Waals surface area contributed by atoms with Gasteiger partial charge in [-0.15, -0.1) is 0 Å². The third-order valence-electron chi connectivity index (χ3n) is 6.25. The lowest BCUT2D eigenvalue weighted by Crippen LogP contribution is -2.15. The molecule has 2 heterocycles. The number of fused-ring (bicyclic) bond motifs is 1. The Balaban J connectivity index is 1.36. The fourth-order valence-corrected chi connectivity index (χ4v) is 4.43. The third kappa shape index (κ3) is 5.26. The Bertz CT molecular complexity index is 1550. The van der Waals surface area contributed by atoms with Gasteiger partial charge in [0.15, 0.2) is 17.8 Å². The predicted molar refractivity (Wildman–Crippen MR) is 142 cm³/mol. The summed E-state index contributed by atoms with van der Waals surface area (Å²) in [5.74, 6) is 2.16. The highest BCUT2D eigenvalue weighted by Crippen LogP contribution is 2.37. The highest BCUT2D eigenvalue weighted by molar-refractivity contribution is 6.32. The van der Waals surface area contributed by atoms with Crippen LogP contribution in [0.4, 0.5) is 0 Å². The van der Waals surface area contributed by atoms with Gasteiger partial charge in [-0.05, 0) is 53.4 Å². The van der Waals surface area contributed by atoms with Gasteiger partial charge in [0.05, 0.1) is 10.6 Å². The summed E-state index contributed by atoms with van der Waals surface area (Å²) in [7, 11) is 0. The number of halogens is 1. The Morgan fingerprint density at radius 1 is 0.974 bits per heavy atom. The van der Waals surface area contributed by atoms with E-state index in [-0.39, 0.29) is 24.5 Å². The molecule has 1 aromatic heterocycles. The number of hydrogen-bond donors (Lipinski definition) is 0. The van der Waals surface area contributed by atoms with Crippen LogP contribution in [0.5, 0.6) is 23.0 Å². The second kappa shape index (κ2) is 11.2. The summed E-state index contributed by atoms with van der Waals surface area (Å²) in [5.41, 5.74) is 5.26. The third-order valence-corrected chi connectivity index (χ3v) is 6.55. The first kappa shape index (κ1) is 25.1. The zero-order valence-corrected chi connectivity index (χ0v) is 21.3. The molecule has 0 spiro atoms. The van der Waals surface area contributed by atoms with Gasteiger partial charge < -0.3 is 18.9 Å². The summed E-state index contributed by atoms with van der Waals surface area (Å²) in [6.07, 6.45) is 2.21. The molecule has 4 aromatic rings. The monoisotopic (exact) mass is 526 g/mol. The van der Waals surface area contributed by atoms with Crippen molar-refractivity contribution in [3.63, 3.8) is 0 Å². The molecule has 0 bridgehead atoms. The van der Waals surface area contributed by atoms with Crippen LogP contribution in [0.1, 0.15) is 32.7 Å². The minimum absolute atomic E-state index is 0.0648. The largest absolute Gasteiger partial charge is 0.488 e. The SMILES string of the molecule is Cc1c(COc2cc(OCc3cccnc3C#N)c(C=O)cc2Cl)cccc1-c1ccc2c(c1)OCCO2. The van der Waals surface area contributed by atoms with Crippen molar-refractivity contribution >= 4 is 17.9 Å². The maximum atomic E-state index is 11.7. The number of hydrogen-bond acceptors (Lipinski definition) is 7. The second-order valence-electron chi connectivity index (χ2n) is 8.59. The Morgan fingerprint density at radius 2 is 1.74 bits per heavy atom. The van der Waals surface area contributed by atoms with Crippen LogP contribution in [0.15, 0.2) is 66.9 Å². The summed E-state index contributed by atoms with van der Waals surface area (Å²) >= 11 is 6.43. The molecule has 8 heteroatoms. The van der Waals surface area contributed by atoms with Crippen molar-refractivity contribution < 1.29 is 23.7 Å². The van der Waals surface area contributed by atoms with Crippen molar-refractivity contribution in [1.82, 2.24) is 4.98 Å². The summed E-state index contributed by atoms with van der Waals surface area (Å²) in [6.45, 7) is 3.43. The molecular formula is C30H23ClN2O5. The lowest BCUT2D eigenvalue weighted by molar-refractivity contribution is 0.111. The van der Waals surface area contributed by atoms with E-state index in [1.807, 2.05) is 43.3 Å². The minimum atomic E-state index is 0.0648. The Hall–Kier alpha value is -4.54. The number of nitriles is 1. The molecule has 0 aliphatic carbocycles. The van der Waals surface area contributed by atoms with E-state index in [0.29, 0.717) is 41.6 Å². The molecule has 1 aliphatic heterocycles. The number of aldehydes is 1. The number of carbonyl (C=O) groups excluding carboxylic acids is 1. The lowest BCUT2D eigenvalue weighted by Gasteiger charge is -2.20. The topological polar surface area (TPSA) is 90.7 Å². The van der Waals surface area contributed by atoms with Crippen LogP contribution in [0.3, 0.4) is 0 Å². The zero-order chi connectivity index (χ0) is 26.5. The molecule has 0 radical (unpaired) electrons. The number of benzene rings is 3. The quantitative estimate of drug-likeness (QED) is 0.248. The van der Waals surface area contributed by atoms with E-state index in [1.165, 1.54) is 12.3 Å². The van der Waals surface area contributed by atoms with Crippen molar-refractivity contribution in [2.24, 2.45) is 0 Å². The van der Waals surface area contributed by atoms with E-state index in [1.54, 1.807) is 18.2 Å². The standard InChI is InChI=1S/C30H23ClN2O5/c1-19-21(4-2-6-24(19)20-7-8-27-30(13-20)36-11-10-35-27)17-38-29-14-28(23(16-34)12-25(29)31)37-18-22-5-3-9-33-26(22)15-32/h2-9,12-14,16H,10-11,17-18H2,1H3. The van der Waals surface area contributed by atoms with Gasteiger partial charge in [0.1, 0.15) is 49.7 Å². The van der Waals surface area contributed by atoms with Crippen molar-refractivity contribution in [3.8, 4) is 40.2 Å². The van der Waals surface area contributed by atoms with Gasteiger partial charge >= 0.3 is 0 Å². The molecule has 0 unspecified atom stereocenters. The van der Waals surface area contributed by atoms with Crippen molar-refractivity contribution in [1.29, 1.82) is 5.26 Å². The summed E-state index contributed by atoms with van der Waals surface area (Å²) in [4.78, 5) is 15.7. The van der Waals surface area contributed by atoms with E-state index in [4.69, 9.17) is 30.5 Å². The number of rotatable bonds is 8. The lowest BCUT2D eigenvalue weighted by atomic mass is 9.96. The molecule has 7 nitrogen and oxygen atoms in total. The number of aromatic nitrogens is 1. The fourth-order valence-electron chi connectivity index (χ4n) is 4.21. The van der Waals surface area contributed by atoms with E-state index in [9.17, 15) is 10.1 Å². The number of pyridine rings is 1. The first-order chi connectivity index (χ1) is 18.6. The van der Waals surface area contributed by atoms with Crippen LogP contribution >= 0.6 is 11.6 Å². The summed E-state index contributed by atoms with van der Waals surface area (Å²) in [6, 6.07) is 20.5. The van der Waals surface area contributed by atoms with Gasteiger partial charge in [-0.25, -0.2) is 4.98 Å². The molecule has 3 aromatic carbocycles. The highest BCUT2D eigenvalue weighted by atomic mass is 35.5. The number of carbonyl (C=O) groups is 1. The molecule has 0 atom stereocenters. The van der Waals surface area contributed by atoms with Crippen molar-refractivity contribution in [2.45, 2.75) is 20.1 Å². The summed E-state index contributed by atoms with van der Waals surface area (Å²) in [5, 5.41) is 9.56. The van der Waals surface area contributed by atoms with Crippen LogP contribution in [-0.2, 0) is 13.2 Å². The zero-order valence-electron chi connectivity index (χ0n) is 20.6. The van der Waals surface area contributed by atoms with E-state index in [2.05, 4.69) is 11.1 Å². The minimum Gasteiger partial charge on any atom is -0.488 e. The van der Waals surface area contributed by atoms with Crippen molar-refractivity contribution in [2.75, 3.05) is 13.2 Å². The Kier molecular flexibility index (Phi) is 7.43. The highest BCUT2D eigenvalue weighted by Gasteiger charge is 2.16. The van der Waals surface area contributed by atoms with Gasteiger partial charge in [-0.1, -0.05) is 41.9 Å². The Labute approximate surface area is 225 Å². The Morgan fingerprint density at radius 3 is 2.55 bits per heavy atom. The molecule has 0 saturated heterocycles. The first-order valence-electron chi connectivity index (χ1n) is 11.9. The first-order valence-corrected chi connectivity index (χ1v) is 12.3. The van der Waals surface area contributed by atoms with E-state index >= 15 is 0 Å². The van der Waals surface area contributed by atoms with Crippen LogP contribution in [0.2, 0.25) is 5.02 Å². The molecule has 0 amide bonds. The predicted octanol–water partition coefficient (Wildman–Crippen LogP) is 6.32. The molecule has 5 rings (SSSR count). The van der Waals surface area contributed by atoms with Crippen LogP contribution in [0, 0.1) is 18.3 Å². The van der Waals surface area contributed by atoms with E-state index < -0.39 is 0 Å². The maximum absolute atomic E-state index is 11.7. The number of nitrogens with zero attached hydrogens (tertiary/aromatic N) is 2. The van der Waals surface area contributed by atoms with Gasteiger partial charge in [0.25, 0.3) is 0 Å². The van der Waals surface area contributed by atoms with E-state index in [0.717, 1.165) is 33.8 Å². The molecule has 1 aliphatic rings. The average molecular weight is 527 g/mol. The maximum Gasteiger partial charge on any atom is 0.161 e. The van der Waals surface area contributed by atoms with Crippen molar-refractivity contribution in [3.05, 3.63) is 99.8 Å².